The van der Waals surface area contributed by atoms with Crippen molar-refractivity contribution in [2.45, 2.75) is 25.5 Å². The van der Waals surface area contributed by atoms with E-state index in [9.17, 15) is 30.7 Å². The van der Waals surface area contributed by atoms with Gasteiger partial charge in [-0.2, -0.15) is 8.78 Å². The van der Waals surface area contributed by atoms with Crippen LogP contribution >= 0.6 is 0 Å². The lowest BCUT2D eigenvalue weighted by Gasteiger charge is -2.33. The van der Waals surface area contributed by atoms with Crippen LogP contribution in [0.15, 0.2) is 35.7 Å². The van der Waals surface area contributed by atoms with Crippen molar-refractivity contribution in [2.24, 2.45) is 11.8 Å². The summed E-state index contributed by atoms with van der Waals surface area (Å²) >= 11 is 0. The summed E-state index contributed by atoms with van der Waals surface area (Å²) in [6.45, 7) is 2.35. The Kier molecular flexibility index (Phi) is 5.72. The van der Waals surface area contributed by atoms with Gasteiger partial charge in [0.2, 0.25) is 0 Å². The molecule has 0 saturated carbocycles. The lowest BCUT2D eigenvalue weighted by Crippen LogP contribution is -2.42. The van der Waals surface area contributed by atoms with E-state index < -0.39 is 53.5 Å². The molecule has 1 aromatic carbocycles. The number of allylic oxidation sites excluding steroid dienone is 1. The fourth-order valence-electron chi connectivity index (χ4n) is 2.83. The van der Waals surface area contributed by atoms with E-state index in [1.807, 2.05) is 6.92 Å². The van der Waals surface area contributed by atoms with Gasteiger partial charge in [0.05, 0.1) is 13.2 Å². The minimum absolute atomic E-state index is 0.0671. The van der Waals surface area contributed by atoms with E-state index in [0.29, 0.717) is 12.2 Å². The molecule has 0 bridgehead atoms. The van der Waals surface area contributed by atoms with E-state index in [0.717, 1.165) is 0 Å². The zero-order chi connectivity index (χ0) is 20.6. The van der Waals surface area contributed by atoms with Crippen LogP contribution in [0.4, 0.5) is 30.7 Å². The number of alkyl halides is 3. The first-order valence-corrected chi connectivity index (χ1v) is 8.26. The highest BCUT2D eigenvalue weighted by Crippen LogP contribution is 2.42. The van der Waals surface area contributed by atoms with Crippen molar-refractivity contribution in [3.8, 4) is 5.75 Å². The van der Waals surface area contributed by atoms with Gasteiger partial charge in [0.25, 0.3) is 0 Å². The maximum absolute atomic E-state index is 14.4. The molecule has 1 saturated heterocycles. The van der Waals surface area contributed by atoms with Gasteiger partial charge in [0, 0.05) is 23.6 Å². The van der Waals surface area contributed by atoms with Gasteiger partial charge in [0.1, 0.15) is 23.7 Å². The minimum Gasteiger partial charge on any atom is -0.432 e. The summed E-state index contributed by atoms with van der Waals surface area (Å²) < 4.78 is 111. The van der Waals surface area contributed by atoms with Crippen LogP contribution in [0.5, 0.6) is 5.75 Å². The van der Waals surface area contributed by atoms with E-state index in [4.69, 9.17) is 9.47 Å². The van der Waals surface area contributed by atoms with Gasteiger partial charge >= 0.3 is 6.11 Å². The SMILES string of the molecule is CC1COC(C2=CC(F)C(C(F)(F)Oc3cc(F)c(F)c(F)c3)C(F)=C2)OC1. The van der Waals surface area contributed by atoms with E-state index in [1.54, 1.807) is 0 Å². The van der Waals surface area contributed by atoms with Crippen LogP contribution in [0, 0.1) is 29.3 Å². The third kappa shape index (κ3) is 4.17. The number of halogens is 7. The van der Waals surface area contributed by atoms with Crippen LogP contribution < -0.4 is 4.74 Å². The molecule has 2 atom stereocenters. The Morgan fingerprint density at radius 2 is 1.61 bits per heavy atom. The van der Waals surface area contributed by atoms with E-state index in [1.165, 1.54) is 0 Å². The van der Waals surface area contributed by atoms with Gasteiger partial charge in [-0.3, -0.25) is 0 Å². The average Bonchev–Trinajstić information content (AvgIpc) is 2.59. The maximum Gasteiger partial charge on any atom is 0.410 e. The summed E-state index contributed by atoms with van der Waals surface area (Å²) in [6.07, 6.45) is -6.82. The van der Waals surface area contributed by atoms with Crippen molar-refractivity contribution in [2.75, 3.05) is 13.2 Å². The van der Waals surface area contributed by atoms with Crippen LogP contribution in [-0.2, 0) is 9.47 Å². The largest absolute Gasteiger partial charge is 0.432 e. The number of hydrogen-bond donors (Lipinski definition) is 0. The van der Waals surface area contributed by atoms with Gasteiger partial charge in [0.15, 0.2) is 23.7 Å². The molecule has 1 aliphatic heterocycles. The monoisotopic (exact) mass is 412 g/mol. The van der Waals surface area contributed by atoms with Crippen molar-refractivity contribution >= 4 is 0 Å². The topological polar surface area (TPSA) is 27.7 Å². The van der Waals surface area contributed by atoms with Crippen molar-refractivity contribution in [3.63, 3.8) is 0 Å². The Morgan fingerprint density at radius 3 is 2.14 bits per heavy atom. The molecule has 1 aliphatic carbocycles. The molecular formula is C18H15F7O3. The third-order valence-electron chi connectivity index (χ3n) is 4.18. The average molecular weight is 412 g/mol. The molecule has 2 unspecified atom stereocenters. The summed E-state index contributed by atoms with van der Waals surface area (Å²) in [6, 6.07) is 0.298. The highest BCUT2D eigenvalue weighted by atomic mass is 19.3. The predicted octanol–water partition coefficient (Wildman–Crippen LogP) is 4.83. The normalized spacial score (nSPS) is 28.6. The highest BCUT2D eigenvalue weighted by molar-refractivity contribution is 5.33. The molecule has 0 spiro atoms. The number of benzene rings is 1. The smallest absolute Gasteiger partial charge is 0.410 e. The van der Waals surface area contributed by atoms with Gasteiger partial charge in [-0.1, -0.05) is 6.92 Å². The number of hydrogen-bond acceptors (Lipinski definition) is 3. The Bertz CT molecular complexity index is 777. The first kappa shape index (κ1) is 20.7. The Labute approximate surface area is 155 Å². The molecule has 0 amide bonds. The molecular weight excluding hydrogens is 397 g/mol. The Hall–Kier alpha value is -2.07. The molecule has 28 heavy (non-hydrogen) atoms. The molecule has 1 heterocycles. The maximum atomic E-state index is 14.4. The number of rotatable bonds is 4. The molecule has 0 N–H and O–H groups in total. The molecule has 1 aromatic rings. The molecule has 10 heteroatoms. The van der Waals surface area contributed by atoms with Gasteiger partial charge in [-0.05, 0) is 12.2 Å². The van der Waals surface area contributed by atoms with Crippen LogP contribution in [0.3, 0.4) is 0 Å². The minimum atomic E-state index is -4.53. The van der Waals surface area contributed by atoms with Crippen molar-refractivity contribution in [3.05, 3.63) is 53.1 Å². The van der Waals surface area contributed by atoms with Crippen molar-refractivity contribution in [1.29, 1.82) is 0 Å². The van der Waals surface area contributed by atoms with Crippen LogP contribution in [0.25, 0.3) is 0 Å². The fraction of sp³-hybridized carbons (Fsp3) is 0.444. The molecule has 2 aliphatic rings. The summed E-state index contributed by atoms with van der Waals surface area (Å²) in [5.74, 6) is -10.8. The zero-order valence-corrected chi connectivity index (χ0v) is 14.4. The second-order valence-electron chi connectivity index (χ2n) is 6.59. The molecule has 154 valence electrons. The number of ether oxygens (including phenoxy) is 3. The second kappa shape index (κ2) is 7.75. The van der Waals surface area contributed by atoms with Crippen LogP contribution in [0.1, 0.15) is 6.92 Å². The third-order valence-corrected chi connectivity index (χ3v) is 4.18. The van der Waals surface area contributed by atoms with Gasteiger partial charge < -0.3 is 14.2 Å². The van der Waals surface area contributed by atoms with Crippen molar-refractivity contribution in [1.82, 2.24) is 0 Å². The quantitative estimate of drug-likeness (QED) is 0.524. The molecule has 1 fully saturated rings. The van der Waals surface area contributed by atoms with Crippen LogP contribution in [-0.4, -0.2) is 31.8 Å². The Morgan fingerprint density at radius 1 is 1.04 bits per heavy atom. The molecule has 0 aromatic heterocycles. The highest BCUT2D eigenvalue weighted by Gasteiger charge is 2.51. The fourth-order valence-corrected chi connectivity index (χ4v) is 2.83. The van der Waals surface area contributed by atoms with Gasteiger partial charge in [-0.25, -0.2) is 22.0 Å². The molecule has 3 rings (SSSR count). The first-order chi connectivity index (χ1) is 13.1. The van der Waals surface area contributed by atoms with E-state index >= 15 is 0 Å². The summed E-state index contributed by atoms with van der Waals surface area (Å²) in [7, 11) is 0. The molecule has 0 radical (unpaired) electrons. The first-order valence-electron chi connectivity index (χ1n) is 8.26. The lowest BCUT2D eigenvalue weighted by molar-refractivity contribution is -0.220. The van der Waals surface area contributed by atoms with Gasteiger partial charge in [-0.15, -0.1) is 0 Å². The van der Waals surface area contributed by atoms with E-state index in [-0.39, 0.29) is 36.8 Å². The Balaban J connectivity index is 1.78. The standard InChI is InChI=1S/C18H15F7O3/c1-8-6-26-17(27-7-8)9-2-11(19)15(12(20)3-9)18(24,25)28-10-4-13(21)16(23)14(22)5-10/h2-5,8,11,15,17H,6-7H2,1H3. The lowest BCUT2D eigenvalue weighted by atomic mass is 9.92. The predicted molar refractivity (Wildman–Crippen MR) is 82.4 cm³/mol. The van der Waals surface area contributed by atoms with E-state index in [2.05, 4.69) is 4.74 Å². The summed E-state index contributed by atoms with van der Waals surface area (Å²) in [4.78, 5) is 0. The van der Waals surface area contributed by atoms with Crippen LogP contribution in [0.2, 0.25) is 0 Å². The second-order valence-corrected chi connectivity index (χ2v) is 6.59. The van der Waals surface area contributed by atoms with Crippen molar-refractivity contribution < 1.29 is 44.9 Å². The zero-order valence-electron chi connectivity index (χ0n) is 14.4. The molecule has 3 nitrogen and oxygen atoms in total. The summed E-state index contributed by atoms with van der Waals surface area (Å²) in [5.41, 5.74) is -0.108. The summed E-state index contributed by atoms with van der Waals surface area (Å²) in [5, 5.41) is 0.